The van der Waals surface area contributed by atoms with E-state index in [1.54, 1.807) is 12.1 Å². The highest BCUT2D eigenvalue weighted by Gasteiger charge is 2.16. The molecule has 2 aromatic carbocycles. The van der Waals surface area contributed by atoms with Crippen molar-refractivity contribution in [1.82, 2.24) is 4.98 Å². The molecular weight excluding hydrogens is 372 g/mol. The van der Waals surface area contributed by atoms with E-state index in [2.05, 4.69) is 59.1 Å². The van der Waals surface area contributed by atoms with Gasteiger partial charge in [0.25, 0.3) is 5.91 Å². The molecule has 5 heteroatoms. The van der Waals surface area contributed by atoms with Gasteiger partial charge in [-0.2, -0.15) is 0 Å². The van der Waals surface area contributed by atoms with Crippen LogP contribution >= 0.6 is 27.3 Å². The summed E-state index contributed by atoms with van der Waals surface area (Å²) >= 11 is 4.88. The molecule has 1 N–H and O–H groups in total. The van der Waals surface area contributed by atoms with Crippen molar-refractivity contribution in [3.8, 4) is 0 Å². The molecule has 0 aliphatic heterocycles. The van der Waals surface area contributed by atoms with Crippen LogP contribution < -0.4 is 5.32 Å². The van der Waals surface area contributed by atoms with Gasteiger partial charge in [-0.05, 0) is 41.3 Å². The summed E-state index contributed by atoms with van der Waals surface area (Å²) in [4.78, 5) is 16.8. The molecule has 1 heterocycles. The predicted octanol–water partition coefficient (Wildman–Crippen LogP) is 5.61. The predicted molar refractivity (Wildman–Crippen MR) is 100 cm³/mol. The van der Waals surface area contributed by atoms with Crippen molar-refractivity contribution in [3.05, 3.63) is 58.1 Å². The van der Waals surface area contributed by atoms with Gasteiger partial charge in [0.05, 0.1) is 10.2 Å². The molecule has 0 aliphatic rings. The number of hydrogen-bond donors (Lipinski definition) is 1. The van der Waals surface area contributed by atoms with Crippen LogP contribution in [0.25, 0.3) is 10.2 Å². The van der Waals surface area contributed by atoms with Gasteiger partial charge in [0.1, 0.15) is 0 Å². The second-order valence-electron chi connectivity index (χ2n) is 6.42. The second-order valence-corrected chi connectivity index (χ2v) is 8.36. The van der Waals surface area contributed by atoms with Gasteiger partial charge in [-0.3, -0.25) is 10.1 Å². The van der Waals surface area contributed by atoms with Crippen molar-refractivity contribution in [3.63, 3.8) is 0 Å². The number of amides is 1. The van der Waals surface area contributed by atoms with Gasteiger partial charge in [0, 0.05) is 10.0 Å². The quantitative estimate of drug-likeness (QED) is 0.619. The van der Waals surface area contributed by atoms with Crippen molar-refractivity contribution in [1.29, 1.82) is 0 Å². The number of hydrogen-bond acceptors (Lipinski definition) is 3. The van der Waals surface area contributed by atoms with Crippen molar-refractivity contribution < 1.29 is 4.79 Å². The molecule has 0 unspecified atom stereocenters. The Labute approximate surface area is 147 Å². The van der Waals surface area contributed by atoms with E-state index in [9.17, 15) is 4.79 Å². The van der Waals surface area contributed by atoms with E-state index in [0.29, 0.717) is 10.7 Å². The first-order valence-corrected chi connectivity index (χ1v) is 8.92. The van der Waals surface area contributed by atoms with E-state index in [-0.39, 0.29) is 11.3 Å². The molecule has 0 aliphatic carbocycles. The van der Waals surface area contributed by atoms with E-state index in [1.807, 2.05) is 18.2 Å². The van der Waals surface area contributed by atoms with Gasteiger partial charge in [-0.15, -0.1) is 0 Å². The Morgan fingerprint density at radius 1 is 1.17 bits per heavy atom. The molecule has 3 nitrogen and oxygen atoms in total. The fourth-order valence-corrected chi connectivity index (χ4v) is 3.54. The fraction of sp³-hybridized carbons (Fsp3) is 0.222. The van der Waals surface area contributed by atoms with Crippen LogP contribution in [0.4, 0.5) is 5.13 Å². The van der Waals surface area contributed by atoms with E-state index in [1.165, 1.54) is 16.9 Å². The summed E-state index contributed by atoms with van der Waals surface area (Å²) in [6.45, 7) is 6.56. The Kier molecular flexibility index (Phi) is 4.25. The summed E-state index contributed by atoms with van der Waals surface area (Å²) in [5, 5.41) is 3.50. The number of carbonyl (C=O) groups is 1. The summed E-state index contributed by atoms with van der Waals surface area (Å²) in [6.07, 6.45) is 0. The van der Waals surface area contributed by atoms with Crippen molar-refractivity contribution in [2.45, 2.75) is 26.2 Å². The normalized spacial score (nSPS) is 11.7. The molecule has 1 aromatic heterocycles. The maximum Gasteiger partial charge on any atom is 0.257 e. The number of carbonyl (C=O) groups excluding carboxylic acids is 1. The summed E-state index contributed by atoms with van der Waals surface area (Å²) in [6, 6.07) is 13.6. The lowest BCUT2D eigenvalue weighted by Gasteiger charge is -2.18. The SMILES string of the molecule is CC(C)(C)c1ccc2nc(NC(=O)c3cccc(Br)c3)sc2c1. The minimum absolute atomic E-state index is 0.0951. The first-order chi connectivity index (χ1) is 10.8. The standard InChI is InChI=1S/C18H17BrN2OS/c1-18(2,3)12-7-8-14-15(10-12)23-17(20-14)21-16(22)11-5-4-6-13(19)9-11/h4-10H,1-3H3,(H,20,21,22). The number of fused-ring (bicyclic) bond motifs is 1. The Morgan fingerprint density at radius 3 is 2.65 bits per heavy atom. The van der Waals surface area contributed by atoms with E-state index < -0.39 is 0 Å². The summed E-state index contributed by atoms with van der Waals surface area (Å²) in [5.41, 5.74) is 2.87. The number of halogens is 1. The largest absolute Gasteiger partial charge is 0.298 e. The highest BCUT2D eigenvalue weighted by Crippen LogP contribution is 2.31. The van der Waals surface area contributed by atoms with E-state index in [4.69, 9.17) is 0 Å². The Balaban J connectivity index is 1.87. The molecule has 0 atom stereocenters. The van der Waals surface area contributed by atoms with Crippen LogP contribution in [0.1, 0.15) is 36.7 Å². The smallest absolute Gasteiger partial charge is 0.257 e. The van der Waals surface area contributed by atoms with Crippen molar-refractivity contribution >= 4 is 48.5 Å². The lowest BCUT2D eigenvalue weighted by atomic mass is 9.87. The molecule has 0 fully saturated rings. The third-order valence-corrected chi connectivity index (χ3v) is 4.99. The van der Waals surface area contributed by atoms with E-state index in [0.717, 1.165) is 14.7 Å². The van der Waals surface area contributed by atoms with Crippen LogP contribution in [0.2, 0.25) is 0 Å². The highest BCUT2D eigenvalue weighted by molar-refractivity contribution is 9.10. The van der Waals surface area contributed by atoms with Gasteiger partial charge in [0.15, 0.2) is 5.13 Å². The van der Waals surface area contributed by atoms with Crippen LogP contribution in [0.5, 0.6) is 0 Å². The fourth-order valence-electron chi connectivity index (χ4n) is 2.24. The molecule has 1 amide bonds. The number of rotatable bonds is 2. The van der Waals surface area contributed by atoms with Crippen molar-refractivity contribution in [2.24, 2.45) is 0 Å². The zero-order valence-corrected chi connectivity index (χ0v) is 15.6. The molecule has 118 valence electrons. The molecule has 0 saturated carbocycles. The van der Waals surface area contributed by atoms with Crippen LogP contribution in [0, 0.1) is 0 Å². The average molecular weight is 389 g/mol. The number of nitrogens with zero attached hydrogens (tertiary/aromatic N) is 1. The van der Waals surface area contributed by atoms with Crippen LogP contribution in [0.3, 0.4) is 0 Å². The third kappa shape index (κ3) is 3.62. The maximum atomic E-state index is 12.3. The minimum Gasteiger partial charge on any atom is -0.298 e. The van der Waals surface area contributed by atoms with Crippen LogP contribution in [-0.2, 0) is 5.41 Å². The Bertz CT molecular complexity index is 880. The first kappa shape index (κ1) is 16.1. The number of nitrogens with one attached hydrogen (secondary N) is 1. The van der Waals surface area contributed by atoms with Gasteiger partial charge < -0.3 is 0 Å². The van der Waals surface area contributed by atoms with Crippen LogP contribution in [0.15, 0.2) is 46.9 Å². The Morgan fingerprint density at radius 2 is 1.96 bits per heavy atom. The first-order valence-electron chi connectivity index (χ1n) is 7.31. The van der Waals surface area contributed by atoms with Gasteiger partial charge >= 0.3 is 0 Å². The van der Waals surface area contributed by atoms with E-state index >= 15 is 0 Å². The van der Waals surface area contributed by atoms with Gasteiger partial charge in [-0.25, -0.2) is 4.98 Å². The lowest BCUT2D eigenvalue weighted by molar-refractivity contribution is 0.102. The summed E-state index contributed by atoms with van der Waals surface area (Å²) < 4.78 is 1.96. The van der Waals surface area contributed by atoms with Crippen molar-refractivity contribution in [2.75, 3.05) is 5.32 Å². The molecule has 3 rings (SSSR count). The zero-order chi connectivity index (χ0) is 16.6. The average Bonchev–Trinajstić information content (AvgIpc) is 2.87. The number of aromatic nitrogens is 1. The molecule has 3 aromatic rings. The molecule has 0 saturated heterocycles. The maximum absolute atomic E-state index is 12.3. The number of benzene rings is 2. The monoisotopic (exact) mass is 388 g/mol. The molecular formula is C18H17BrN2OS. The molecule has 0 radical (unpaired) electrons. The van der Waals surface area contributed by atoms with Gasteiger partial charge in [-0.1, -0.05) is 60.2 Å². The zero-order valence-electron chi connectivity index (χ0n) is 13.2. The summed E-state index contributed by atoms with van der Waals surface area (Å²) in [5.74, 6) is -0.151. The number of thiazole rings is 1. The lowest BCUT2D eigenvalue weighted by Crippen LogP contribution is -2.11. The Hall–Kier alpha value is -1.72. The highest BCUT2D eigenvalue weighted by atomic mass is 79.9. The molecule has 0 bridgehead atoms. The topological polar surface area (TPSA) is 42.0 Å². The minimum atomic E-state index is -0.151. The molecule has 23 heavy (non-hydrogen) atoms. The molecule has 0 spiro atoms. The van der Waals surface area contributed by atoms with Gasteiger partial charge in [0.2, 0.25) is 0 Å². The third-order valence-electron chi connectivity index (χ3n) is 3.56. The summed E-state index contributed by atoms with van der Waals surface area (Å²) in [7, 11) is 0. The van der Waals surface area contributed by atoms with Crippen LogP contribution in [-0.4, -0.2) is 10.9 Å². The second kappa shape index (κ2) is 6.06. The number of anilines is 1.